The molecule has 0 saturated carbocycles. The predicted octanol–water partition coefficient (Wildman–Crippen LogP) is 1.05. The molecule has 2 heteroatoms. The molecule has 44 valence electrons. The molecule has 7 heavy (non-hydrogen) atoms. The number of carbonyl (C=O) groups excluding carboxylic acids is 2. The Hall–Kier alpha value is -0.660. The van der Waals surface area contributed by atoms with E-state index in [1.54, 1.807) is 0 Å². The van der Waals surface area contributed by atoms with Gasteiger partial charge in [0.25, 0.3) is 0 Å². The van der Waals surface area contributed by atoms with Gasteiger partial charge in [0, 0.05) is 2.85 Å². The zero-order chi connectivity index (χ0) is 5.86. The summed E-state index contributed by atoms with van der Waals surface area (Å²) in [5.41, 5.74) is 0. The highest BCUT2D eigenvalue weighted by atomic mass is 16.1. The van der Waals surface area contributed by atoms with Crippen LogP contribution in [0.25, 0.3) is 0 Å². The predicted molar refractivity (Wildman–Crippen MR) is 30.2 cm³/mol. The van der Waals surface area contributed by atoms with Crippen LogP contribution in [0.3, 0.4) is 0 Å². The topological polar surface area (TPSA) is 34.1 Å². The van der Waals surface area contributed by atoms with E-state index in [0.717, 1.165) is 0 Å². The molecule has 0 N–H and O–H groups in total. The molecule has 0 aliphatic carbocycles. The lowest BCUT2D eigenvalue weighted by Gasteiger charge is -1.81. The number of hydrogen-bond acceptors (Lipinski definition) is 2. The van der Waals surface area contributed by atoms with Crippen LogP contribution in [0.5, 0.6) is 0 Å². The Balaban J connectivity index is -0.000000180. The first-order valence-electron chi connectivity index (χ1n) is 2.12. The van der Waals surface area contributed by atoms with Crippen LogP contribution in [-0.2, 0) is 9.59 Å². The minimum atomic E-state index is -0.0625. The SMILES string of the molecule is CC(=O)CC(C)=O.[HH].[HH]. The molecule has 0 saturated heterocycles. The average Bonchev–Trinajstić information content (AvgIpc) is 1.27. The summed E-state index contributed by atoms with van der Waals surface area (Å²) in [7, 11) is 0. The first-order chi connectivity index (χ1) is 3.13. The summed E-state index contributed by atoms with van der Waals surface area (Å²) in [5.74, 6) is -0.125. The van der Waals surface area contributed by atoms with Crippen LogP contribution in [0.15, 0.2) is 0 Å². The highest BCUT2D eigenvalue weighted by Gasteiger charge is 1.94. The van der Waals surface area contributed by atoms with Crippen molar-refractivity contribution in [2.24, 2.45) is 0 Å². The fourth-order valence-corrected chi connectivity index (χ4v) is 0.351. The number of hydrogen-bond donors (Lipinski definition) is 0. The number of carbonyl (C=O) groups is 2. The normalized spacial score (nSPS) is 8.29. The lowest BCUT2D eigenvalue weighted by Crippen LogP contribution is -1.97. The Morgan fingerprint density at radius 1 is 1.29 bits per heavy atom. The Labute approximate surface area is 45.5 Å². The van der Waals surface area contributed by atoms with Crippen LogP contribution >= 0.6 is 0 Å². The number of Topliss-reactive ketones (excluding diaryl/α,β-unsaturated/α-hetero) is 2. The molecule has 0 amide bonds. The highest BCUT2D eigenvalue weighted by Crippen LogP contribution is 1.80. The largest absolute Gasteiger partial charge is 0.300 e. The van der Waals surface area contributed by atoms with E-state index >= 15 is 0 Å². The number of ketones is 2. The molecule has 0 atom stereocenters. The fraction of sp³-hybridized carbons (Fsp3) is 0.600. The number of rotatable bonds is 2. The summed E-state index contributed by atoms with van der Waals surface area (Å²) < 4.78 is 0. The maximum Gasteiger partial charge on any atom is 0.137 e. The second kappa shape index (κ2) is 2.50. The van der Waals surface area contributed by atoms with Crippen LogP contribution in [0.2, 0.25) is 0 Å². The molecule has 2 nitrogen and oxygen atoms in total. The van der Waals surface area contributed by atoms with Gasteiger partial charge in [-0.1, -0.05) is 0 Å². The van der Waals surface area contributed by atoms with Crippen LogP contribution in [0.4, 0.5) is 0 Å². The van der Waals surface area contributed by atoms with Gasteiger partial charge in [0.05, 0.1) is 6.42 Å². The van der Waals surface area contributed by atoms with E-state index in [-0.39, 0.29) is 20.8 Å². The fourth-order valence-electron chi connectivity index (χ4n) is 0.351. The van der Waals surface area contributed by atoms with Crippen molar-refractivity contribution in [2.75, 3.05) is 0 Å². The molecule has 0 aromatic rings. The first-order valence-corrected chi connectivity index (χ1v) is 2.12. The third-order valence-corrected chi connectivity index (χ3v) is 0.498. The smallest absolute Gasteiger partial charge is 0.137 e. The summed E-state index contributed by atoms with van der Waals surface area (Å²) in [6, 6.07) is 0. The maximum absolute atomic E-state index is 10.0. The Morgan fingerprint density at radius 3 is 1.57 bits per heavy atom. The summed E-state index contributed by atoms with van der Waals surface area (Å²) in [6.07, 6.45) is 0.0833. The Kier molecular flexibility index (Phi) is 2.27. The molecular weight excluding hydrogens is 92.1 g/mol. The van der Waals surface area contributed by atoms with Crippen molar-refractivity contribution < 1.29 is 12.4 Å². The van der Waals surface area contributed by atoms with Crippen molar-refractivity contribution in [3.8, 4) is 0 Å². The third-order valence-electron chi connectivity index (χ3n) is 0.498. The molecule has 0 aromatic heterocycles. The highest BCUT2D eigenvalue weighted by molar-refractivity contribution is 5.96. The Bertz CT molecular complexity index is 89.1. The zero-order valence-electron chi connectivity index (χ0n) is 4.52. The van der Waals surface area contributed by atoms with Gasteiger partial charge >= 0.3 is 0 Å². The molecule has 0 radical (unpaired) electrons. The van der Waals surface area contributed by atoms with Gasteiger partial charge in [-0.25, -0.2) is 0 Å². The van der Waals surface area contributed by atoms with E-state index in [1.807, 2.05) is 0 Å². The van der Waals surface area contributed by atoms with Crippen LogP contribution < -0.4 is 0 Å². The molecular formula is C5H12O2. The lowest BCUT2D eigenvalue weighted by molar-refractivity contribution is -0.124. The molecule has 0 aliphatic rings. The van der Waals surface area contributed by atoms with Gasteiger partial charge in [0.1, 0.15) is 11.6 Å². The first kappa shape index (κ1) is 6.34. The van der Waals surface area contributed by atoms with Crippen LogP contribution in [-0.4, -0.2) is 11.6 Å². The molecule has 0 unspecified atom stereocenters. The van der Waals surface area contributed by atoms with Gasteiger partial charge in [0.2, 0.25) is 0 Å². The molecule has 0 fully saturated rings. The van der Waals surface area contributed by atoms with Gasteiger partial charge < -0.3 is 0 Å². The van der Waals surface area contributed by atoms with Gasteiger partial charge in [0.15, 0.2) is 0 Å². The molecule has 0 aromatic carbocycles. The van der Waals surface area contributed by atoms with E-state index in [2.05, 4.69) is 0 Å². The van der Waals surface area contributed by atoms with Gasteiger partial charge in [-0.05, 0) is 13.8 Å². The van der Waals surface area contributed by atoms with E-state index in [9.17, 15) is 9.59 Å². The van der Waals surface area contributed by atoms with E-state index in [0.29, 0.717) is 0 Å². The average molecular weight is 104 g/mol. The lowest BCUT2D eigenvalue weighted by atomic mass is 10.2. The summed E-state index contributed by atoms with van der Waals surface area (Å²) >= 11 is 0. The zero-order valence-corrected chi connectivity index (χ0v) is 4.52. The summed E-state index contributed by atoms with van der Waals surface area (Å²) in [6.45, 7) is 2.81. The molecule has 0 bridgehead atoms. The third kappa shape index (κ3) is 5.34. The van der Waals surface area contributed by atoms with E-state index < -0.39 is 0 Å². The van der Waals surface area contributed by atoms with Crippen molar-refractivity contribution in [1.29, 1.82) is 0 Å². The summed E-state index contributed by atoms with van der Waals surface area (Å²) in [4.78, 5) is 20.1. The van der Waals surface area contributed by atoms with Crippen LogP contribution in [0.1, 0.15) is 23.1 Å². The molecule has 0 spiro atoms. The van der Waals surface area contributed by atoms with Crippen molar-refractivity contribution in [3.63, 3.8) is 0 Å². The van der Waals surface area contributed by atoms with Crippen molar-refractivity contribution in [1.82, 2.24) is 0 Å². The van der Waals surface area contributed by atoms with E-state index in [4.69, 9.17) is 0 Å². The maximum atomic E-state index is 10.0. The monoisotopic (exact) mass is 104 g/mol. The van der Waals surface area contributed by atoms with E-state index in [1.165, 1.54) is 13.8 Å². The van der Waals surface area contributed by atoms with Gasteiger partial charge in [-0.3, -0.25) is 9.59 Å². The van der Waals surface area contributed by atoms with Crippen LogP contribution in [0, 0.1) is 0 Å². The van der Waals surface area contributed by atoms with Gasteiger partial charge in [-0.15, -0.1) is 0 Å². The Morgan fingerprint density at radius 2 is 1.57 bits per heavy atom. The minimum absolute atomic E-state index is 0. The summed E-state index contributed by atoms with van der Waals surface area (Å²) in [5, 5.41) is 0. The quantitative estimate of drug-likeness (QED) is 0.490. The molecule has 0 rings (SSSR count). The molecule has 0 aliphatic heterocycles. The van der Waals surface area contributed by atoms with Crippen molar-refractivity contribution >= 4 is 11.6 Å². The minimum Gasteiger partial charge on any atom is -0.300 e. The van der Waals surface area contributed by atoms with Crippen molar-refractivity contribution in [2.45, 2.75) is 20.3 Å². The standard InChI is InChI=1S/C5H8O2.2H2/c1-4(6)3-5(2)7;;/h3H2,1-2H3;2*1H. The van der Waals surface area contributed by atoms with Gasteiger partial charge in [-0.2, -0.15) is 0 Å². The van der Waals surface area contributed by atoms with Crippen molar-refractivity contribution in [3.05, 3.63) is 0 Å². The second-order valence-corrected chi connectivity index (χ2v) is 1.58. The second-order valence-electron chi connectivity index (χ2n) is 1.58. The molecule has 0 heterocycles.